The predicted molar refractivity (Wildman–Crippen MR) is 55.3 cm³/mol. The van der Waals surface area contributed by atoms with E-state index in [1.807, 2.05) is 0 Å². The SMILES string of the molecule is NCCNc1nc(C(F)(F)F)ccc1C(N)=O. The lowest BCUT2D eigenvalue weighted by Gasteiger charge is -2.11. The van der Waals surface area contributed by atoms with Gasteiger partial charge in [0.05, 0.1) is 5.56 Å². The largest absolute Gasteiger partial charge is 0.433 e. The summed E-state index contributed by atoms with van der Waals surface area (Å²) in [5, 5.41) is 2.52. The Labute approximate surface area is 95.0 Å². The van der Waals surface area contributed by atoms with Gasteiger partial charge in [0.25, 0.3) is 5.91 Å². The lowest BCUT2D eigenvalue weighted by molar-refractivity contribution is -0.141. The number of nitrogens with two attached hydrogens (primary N) is 2. The smallest absolute Gasteiger partial charge is 0.368 e. The van der Waals surface area contributed by atoms with Crippen molar-refractivity contribution in [3.63, 3.8) is 0 Å². The van der Waals surface area contributed by atoms with Gasteiger partial charge in [0.2, 0.25) is 0 Å². The molecule has 0 bridgehead atoms. The van der Waals surface area contributed by atoms with Gasteiger partial charge in [0.1, 0.15) is 11.5 Å². The third-order valence-electron chi connectivity index (χ3n) is 1.89. The number of nitrogens with one attached hydrogen (secondary N) is 1. The van der Waals surface area contributed by atoms with Crippen LogP contribution in [0.15, 0.2) is 12.1 Å². The molecule has 1 aromatic rings. The van der Waals surface area contributed by atoms with Crippen molar-refractivity contribution in [3.05, 3.63) is 23.4 Å². The standard InChI is InChI=1S/C9H11F3N4O/c10-9(11,12)6-2-1-5(7(14)17)8(16-6)15-4-3-13/h1-2H,3-4,13H2,(H2,14,17)(H,15,16). The summed E-state index contributed by atoms with van der Waals surface area (Å²) < 4.78 is 37.2. The molecule has 1 heterocycles. The van der Waals surface area contributed by atoms with Gasteiger partial charge < -0.3 is 16.8 Å². The highest BCUT2D eigenvalue weighted by Crippen LogP contribution is 2.29. The fourth-order valence-electron chi connectivity index (χ4n) is 1.14. The molecule has 0 fully saturated rings. The van der Waals surface area contributed by atoms with Crippen molar-refractivity contribution in [2.24, 2.45) is 11.5 Å². The zero-order valence-electron chi connectivity index (χ0n) is 8.71. The van der Waals surface area contributed by atoms with E-state index in [0.717, 1.165) is 6.07 Å². The zero-order valence-corrected chi connectivity index (χ0v) is 8.71. The highest BCUT2D eigenvalue weighted by Gasteiger charge is 2.33. The summed E-state index contributed by atoms with van der Waals surface area (Å²) in [6.45, 7) is 0.380. The Bertz CT molecular complexity index is 419. The van der Waals surface area contributed by atoms with Gasteiger partial charge in [-0.3, -0.25) is 4.79 Å². The fourth-order valence-corrected chi connectivity index (χ4v) is 1.14. The van der Waals surface area contributed by atoms with E-state index in [0.29, 0.717) is 6.07 Å². The molecule has 1 rings (SSSR count). The van der Waals surface area contributed by atoms with Crippen LogP contribution in [0.4, 0.5) is 19.0 Å². The summed E-state index contributed by atoms with van der Waals surface area (Å²) >= 11 is 0. The molecule has 5 nitrogen and oxygen atoms in total. The topological polar surface area (TPSA) is 94.0 Å². The number of alkyl halides is 3. The molecule has 0 aliphatic heterocycles. The second kappa shape index (κ2) is 5.00. The van der Waals surface area contributed by atoms with Gasteiger partial charge >= 0.3 is 6.18 Å². The first-order chi connectivity index (χ1) is 7.86. The van der Waals surface area contributed by atoms with Crippen LogP contribution in [0, 0.1) is 0 Å². The highest BCUT2D eigenvalue weighted by molar-refractivity contribution is 5.97. The highest BCUT2D eigenvalue weighted by atomic mass is 19.4. The normalized spacial score (nSPS) is 11.3. The first-order valence-electron chi connectivity index (χ1n) is 4.68. The van der Waals surface area contributed by atoms with Crippen LogP contribution in [0.5, 0.6) is 0 Å². The van der Waals surface area contributed by atoms with Gasteiger partial charge in [-0.2, -0.15) is 13.2 Å². The lowest BCUT2D eigenvalue weighted by Crippen LogP contribution is -2.21. The molecule has 5 N–H and O–H groups in total. The van der Waals surface area contributed by atoms with E-state index in [4.69, 9.17) is 11.5 Å². The monoisotopic (exact) mass is 248 g/mol. The van der Waals surface area contributed by atoms with Crippen molar-refractivity contribution in [2.75, 3.05) is 18.4 Å². The van der Waals surface area contributed by atoms with Crippen LogP contribution >= 0.6 is 0 Å². The maximum absolute atomic E-state index is 12.4. The average molecular weight is 248 g/mol. The van der Waals surface area contributed by atoms with Crippen LogP contribution < -0.4 is 16.8 Å². The average Bonchev–Trinajstić information content (AvgIpc) is 2.24. The number of rotatable bonds is 4. The van der Waals surface area contributed by atoms with E-state index in [-0.39, 0.29) is 24.5 Å². The molecule has 8 heteroatoms. The number of amides is 1. The van der Waals surface area contributed by atoms with Crippen molar-refractivity contribution < 1.29 is 18.0 Å². The molecule has 1 amide bonds. The molecule has 0 atom stereocenters. The van der Waals surface area contributed by atoms with E-state index < -0.39 is 17.8 Å². The number of pyridine rings is 1. The Morgan fingerprint density at radius 2 is 2.06 bits per heavy atom. The van der Waals surface area contributed by atoms with Crippen LogP contribution in [-0.4, -0.2) is 24.0 Å². The number of aromatic nitrogens is 1. The Morgan fingerprint density at radius 3 is 2.53 bits per heavy atom. The Kier molecular flexibility index (Phi) is 3.89. The van der Waals surface area contributed by atoms with Gasteiger partial charge in [0, 0.05) is 13.1 Å². The van der Waals surface area contributed by atoms with Gasteiger partial charge in [-0.15, -0.1) is 0 Å². The number of nitrogens with zero attached hydrogens (tertiary/aromatic N) is 1. The van der Waals surface area contributed by atoms with E-state index in [1.165, 1.54) is 0 Å². The van der Waals surface area contributed by atoms with Crippen LogP contribution in [0.25, 0.3) is 0 Å². The van der Waals surface area contributed by atoms with Crippen LogP contribution in [0.3, 0.4) is 0 Å². The summed E-state index contributed by atoms with van der Waals surface area (Å²) in [5.74, 6) is -1.07. The van der Waals surface area contributed by atoms with Crippen LogP contribution in [-0.2, 0) is 6.18 Å². The predicted octanol–water partition coefficient (Wildman–Crippen LogP) is 0.570. The van der Waals surface area contributed by atoms with Crippen LogP contribution in [0.2, 0.25) is 0 Å². The quantitative estimate of drug-likeness (QED) is 0.726. The summed E-state index contributed by atoms with van der Waals surface area (Å²) in [6, 6.07) is 1.69. The minimum absolute atomic E-state index is 0.105. The minimum Gasteiger partial charge on any atom is -0.368 e. The molecular weight excluding hydrogens is 237 g/mol. The number of carbonyl (C=O) groups excluding carboxylic acids is 1. The third-order valence-corrected chi connectivity index (χ3v) is 1.89. The molecule has 1 aromatic heterocycles. The summed E-state index contributed by atoms with van der Waals surface area (Å²) in [5.41, 5.74) is 9.01. The number of halogens is 3. The van der Waals surface area contributed by atoms with E-state index in [9.17, 15) is 18.0 Å². The molecule has 0 aliphatic rings. The van der Waals surface area contributed by atoms with E-state index in [1.54, 1.807) is 0 Å². The molecule has 17 heavy (non-hydrogen) atoms. The maximum Gasteiger partial charge on any atom is 0.433 e. The van der Waals surface area contributed by atoms with Crippen molar-refractivity contribution in [1.82, 2.24) is 4.98 Å². The number of carbonyl (C=O) groups is 1. The third kappa shape index (κ3) is 3.31. The first kappa shape index (κ1) is 13.2. The molecular formula is C9H11F3N4O. The Morgan fingerprint density at radius 1 is 1.41 bits per heavy atom. The van der Waals surface area contributed by atoms with E-state index >= 15 is 0 Å². The fraction of sp³-hybridized carbons (Fsp3) is 0.333. The van der Waals surface area contributed by atoms with Crippen LogP contribution in [0.1, 0.15) is 16.1 Å². The molecule has 0 saturated heterocycles. The van der Waals surface area contributed by atoms with Crippen molar-refractivity contribution in [3.8, 4) is 0 Å². The Hall–Kier alpha value is -1.83. The number of hydrogen-bond donors (Lipinski definition) is 3. The second-order valence-electron chi connectivity index (χ2n) is 3.17. The maximum atomic E-state index is 12.4. The van der Waals surface area contributed by atoms with Gasteiger partial charge in [-0.1, -0.05) is 0 Å². The van der Waals surface area contributed by atoms with Gasteiger partial charge in [-0.05, 0) is 12.1 Å². The summed E-state index contributed by atoms with van der Waals surface area (Å²) in [6.07, 6.45) is -4.57. The molecule has 0 saturated carbocycles. The number of hydrogen-bond acceptors (Lipinski definition) is 4. The first-order valence-corrected chi connectivity index (χ1v) is 4.68. The Balaban J connectivity index is 3.14. The summed E-state index contributed by atoms with van der Waals surface area (Å²) in [7, 11) is 0. The van der Waals surface area contributed by atoms with Crippen molar-refractivity contribution in [1.29, 1.82) is 0 Å². The lowest BCUT2D eigenvalue weighted by atomic mass is 10.2. The molecule has 0 radical (unpaired) electrons. The number of anilines is 1. The van der Waals surface area contributed by atoms with Crippen molar-refractivity contribution >= 4 is 11.7 Å². The molecule has 0 aliphatic carbocycles. The molecule has 0 aromatic carbocycles. The minimum atomic E-state index is -4.57. The van der Waals surface area contributed by atoms with Crippen molar-refractivity contribution in [2.45, 2.75) is 6.18 Å². The number of primary amides is 1. The molecule has 0 unspecified atom stereocenters. The molecule has 0 spiro atoms. The van der Waals surface area contributed by atoms with E-state index in [2.05, 4.69) is 10.3 Å². The second-order valence-corrected chi connectivity index (χ2v) is 3.17. The zero-order chi connectivity index (χ0) is 13.1. The van der Waals surface area contributed by atoms with Gasteiger partial charge in [0.15, 0.2) is 0 Å². The van der Waals surface area contributed by atoms with Gasteiger partial charge in [-0.25, -0.2) is 4.98 Å². The summed E-state index contributed by atoms with van der Waals surface area (Å²) in [4.78, 5) is 14.3. The molecule has 94 valence electrons.